The summed E-state index contributed by atoms with van der Waals surface area (Å²) in [6, 6.07) is 21.7. The maximum Gasteiger partial charge on any atom is 0.348 e. The fraction of sp³-hybridized carbons (Fsp3) is 0.0870. The van der Waals surface area contributed by atoms with Crippen LogP contribution < -0.4 is 0 Å². The van der Waals surface area contributed by atoms with E-state index < -0.39 is 0 Å². The summed E-state index contributed by atoms with van der Waals surface area (Å²) >= 11 is 2.94. The number of thiophene rings is 1. The van der Waals surface area contributed by atoms with Gasteiger partial charge in [0, 0.05) is 16.3 Å². The van der Waals surface area contributed by atoms with E-state index in [0.717, 1.165) is 37.9 Å². The molecule has 2 aromatic carbocycles. The van der Waals surface area contributed by atoms with Crippen LogP contribution in [0.15, 0.2) is 72.1 Å². The van der Waals surface area contributed by atoms with Crippen LogP contribution in [0.1, 0.15) is 21.1 Å². The molecule has 0 atom stereocenters. The van der Waals surface area contributed by atoms with E-state index >= 15 is 0 Å². The summed E-state index contributed by atoms with van der Waals surface area (Å²) in [4.78, 5) is 18.7. The van der Waals surface area contributed by atoms with Crippen LogP contribution in [-0.2, 0) is 11.3 Å². The fourth-order valence-corrected chi connectivity index (χ4v) is 5.08. The summed E-state index contributed by atoms with van der Waals surface area (Å²) in [6.07, 6.45) is 0. The summed E-state index contributed by atoms with van der Waals surface area (Å²) in [6.45, 7) is 2.10. The van der Waals surface area contributed by atoms with Gasteiger partial charge in [-0.25, -0.2) is 14.5 Å². The van der Waals surface area contributed by atoms with Crippen molar-refractivity contribution in [3.63, 3.8) is 0 Å². The Hall–Kier alpha value is -3.29. The number of para-hydroxylation sites is 1. The molecule has 0 N–H and O–H groups in total. The highest BCUT2D eigenvalue weighted by Crippen LogP contribution is 2.31. The SMILES string of the molecule is Cc1nn(-c2ccccc2)c2sc(C(=O)OCc3csc(-c4ccccc4)n3)cc12. The first-order chi connectivity index (χ1) is 14.7. The van der Waals surface area contributed by atoms with Crippen molar-refractivity contribution < 1.29 is 9.53 Å². The second kappa shape index (κ2) is 7.85. The average Bonchev–Trinajstić information content (AvgIpc) is 3.50. The van der Waals surface area contributed by atoms with Crippen molar-refractivity contribution in [2.75, 3.05) is 0 Å². The van der Waals surface area contributed by atoms with Crippen LogP contribution in [0, 0.1) is 6.92 Å². The number of aryl methyl sites for hydroxylation is 1. The van der Waals surface area contributed by atoms with E-state index in [-0.39, 0.29) is 12.6 Å². The lowest BCUT2D eigenvalue weighted by Crippen LogP contribution is -2.03. The van der Waals surface area contributed by atoms with E-state index in [2.05, 4.69) is 10.1 Å². The Morgan fingerprint density at radius 3 is 2.57 bits per heavy atom. The molecule has 0 fully saturated rings. The van der Waals surface area contributed by atoms with Crippen LogP contribution in [0.25, 0.3) is 26.5 Å². The average molecular weight is 432 g/mol. The molecular formula is C23H17N3O2S2. The third kappa shape index (κ3) is 3.53. The van der Waals surface area contributed by atoms with Crippen LogP contribution in [0.3, 0.4) is 0 Å². The normalized spacial score (nSPS) is 11.1. The summed E-state index contributed by atoms with van der Waals surface area (Å²) in [7, 11) is 0. The van der Waals surface area contributed by atoms with Gasteiger partial charge in [0.15, 0.2) is 0 Å². The Kier molecular flexibility index (Phi) is 4.90. The quantitative estimate of drug-likeness (QED) is 0.326. The molecule has 7 heteroatoms. The molecule has 3 aromatic heterocycles. The number of ether oxygens (including phenoxy) is 1. The monoisotopic (exact) mass is 431 g/mol. The summed E-state index contributed by atoms with van der Waals surface area (Å²) in [5.74, 6) is -0.343. The molecule has 5 nitrogen and oxygen atoms in total. The van der Waals surface area contributed by atoms with Gasteiger partial charge in [-0.05, 0) is 25.1 Å². The molecule has 0 aliphatic heterocycles. The van der Waals surface area contributed by atoms with E-state index in [1.165, 1.54) is 11.3 Å². The molecule has 0 aliphatic rings. The highest BCUT2D eigenvalue weighted by molar-refractivity contribution is 7.20. The van der Waals surface area contributed by atoms with Crippen LogP contribution >= 0.6 is 22.7 Å². The summed E-state index contributed by atoms with van der Waals surface area (Å²) < 4.78 is 7.41. The largest absolute Gasteiger partial charge is 0.455 e. The third-order valence-corrected chi connectivity index (χ3v) is 6.70. The number of esters is 1. The Morgan fingerprint density at radius 1 is 1.07 bits per heavy atom. The van der Waals surface area contributed by atoms with Crippen molar-refractivity contribution in [1.29, 1.82) is 0 Å². The predicted molar refractivity (Wildman–Crippen MR) is 120 cm³/mol. The molecule has 0 bridgehead atoms. The van der Waals surface area contributed by atoms with Gasteiger partial charge in [-0.2, -0.15) is 5.10 Å². The number of nitrogens with zero attached hydrogens (tertiary/aromatic N) is 3. The van der Waals surface area contributed by atoms with Crippen molar-refractivity contribution in [3.05, 3.63) is 88.4 Å². The first-order valence-electron chi connectivity index (χ1n) is 9.40. The molecule has 0 spiro atoms. The predicted octanol–water partition coefficient (Wildman–Crippen LogP) is 5.88. The van der Waals surface area contributed by atoms with E-state index in [4.69, 9.17) is 4.74 Å². The molecule has 5 aromatic rings. The van der Waals surface area contributed by atoms with E-state index in [0.29, 0.717) is 4.88 Å². The lowest BCUT2D eigenvalue weighted by molar-refractivity contribution is 0.0474. The van der Waals surface area contributed by atoms with Crippen molar-refractivity contribution >= 4 is 38.9 Å². The van der Waals surface area contributed by atoms with Crippen molar-refractivity contribution in [3.8, 4) is 16.3 Å². The van der Waals surface area contributed by atoms with Gasteiger partial charge in [-0.3, -0.25) is 0 Å². The molecule has 0 aliphatic carbocycles. The van der Waals surface area contributed by atoms with E-state index in [1.807, 2.05) is 83.7 Å². The van der Waals surface area contributed by atoms with Crippen molar-refractivity contribution in [2.24, 2.45) is 0 Å². The number of carbonyl (C=O) groups is 1. The van der Waals surface area contributed by atoms with Crippen molar-refractivity contribution in [1.82, 2.24) is 14.8 Å². The smallest absolute Gasteiger partial charge is 0.348 e. The van der Waals surface area contributed by atoms with E-state index in [1.54, 1.807) is 11.3 Å². The second-order valence-corrected chi connectivity index (χ2v) is 8.64. The van der Waals surface area contributed by atoms with Gasteiger partial charge < -0.3 is 4.74 Å². The van der Waals surface area contributed by atoms with Gasteiger partial charge in [-0.15, -0.1) is 22.7 Å². The highest BCUT2D eigenvalue weighted by atomic mass is 32.1. The number of aromatic nitrogens is 3. The van der Waals surface area contributed by atoms with Gasteiger partial charge >= 0.3 is 5.97 Å². The standard InChI is InChI=1S/C23H17N3O2S2/c1-15-19-12-20(30-22(19)26(25-15)18-10-6-3-7-11-18)23(27)28-13-17-14-29-21(24-17)16-8-4-2-5-9-16/h2-12,14H,13H2,1H3. The Morgan fingerprint density at radius 2 is 1.80 bits per heavy atom. The molecule has 148 valence electrons. The van der Waals surface area contributed by atoms with Gasteiger partial charge in [0.25, 0.3) is 0 Å². The number of thiazole rings is 1. The van der Waals surface area contributed by atoms with E-state index in [9.17, 15) is 4.79 Å². The molecule has 30 heavy (non-hydrogen) atoms. The van der Waals surface area contributed by atoms with Gasteiger partial charge in [0.1, 0.15) is 21.3 Å². The minimum Gasteiger partial charge on any atom is -0.455 e. The zero-order valence-corrected chi connectivity index (χ0v) is 17.7. The number of benzene rings is 2. The lowest BCUT2D eigenvalue weighted by Gasteiger charge is -2.02. The number of fused-ring (bicyclic) bond motifs is 1. The molecule has 0 saturated carbocycles. The summed E-state index contributed by atoms with van der Waals surface area (Å²) in [5, 5.41) is 8.43. The highest BCUT2D eigenvalue weighted by Gasteiger charge is 2.18. The molecule has 0 unspecified atom stereocenters. The third-order valence-electron chi connectivity index (χ3n) is 4.67. The van der Waals surface area contributed by atoms with Crippen LogP contribution in [0.4, 0.5) is 0 Å². The number of rotatable bonds is 5. The molecule has 0 saturated heterocycles. The van der Waals surface area contributed by atoms with Crippen molar-refractivity contribution in [2.45, 2.75) is 13.5 Å². The zero-order chi connectivity index (χ0) is 20.5. The van der Waals surface area contributed by atoms with Gasteiger partial charge in [0.05, 0.1) is 17.1 Å². The topological polar surface area (TPSA) is 57.0 Å². The number of hydrogen-bond acceptors (Lipinski definition) is 6. The summed E-state index contributed by atoms with van der Waals surface area (Å²) in [5.41, 5.74) is 3.66. The van der Waals surface area contributed by atoms with Crippen LogP contribution in [0.2, 0.25) is 0 Å². The Bertz CT molecular complexity index is 1320. The molecule has 5 rings (SSSR count). The zero-order valence-electron chi connectivity index (χ0n) is 16.1. The minimum atomic E-state index is -0.343. The van der Waals surface area contributed by atoms with Gasteiger partial charge in [-0.1, -0.05) is 48.5 Å². The molecular weight excluding hydrogens is 414 g/mol. The maximum atomic E-state index is 12.7. The minimum absolute atomic E-state index is 0.153. The number of hydrogen-bond donors (Lipinski definition) is 0. The van der Waals surface area contributed by atoms with Gasteiger partial charge in [0.2, 0.25) is 0 Å². The fourth-order valence-electron chi connectivity index (χ4n) is 3.19. The second-order valence-electron chi connectivity index (χ2n) is 6.75. The molecule has 0 amide bonds. The molecule has 3 heterocycles. The lowest BCUT2D eigenvalue weighted by atomic mass is 10.2. The Labute approximate surface area is 181 Å². The first kappa shape index (κ1) is 18.7. The Balaban J connectivity index is 1.34. The number of carbonyl (C=O) groups excluding carboxylic acids is 1. The first-order valence-corrected chi connectivity index (χ1v) is 11.1. The molecule has 0 radical (unpaired) electrons. The van der Waals surface area contributed by atoms with Crippen LogP contribution in [0.5, 0.6) is 0 Å². The van der Waals surface area contributed by atoms with Crippen LogP contribution in [-0.4, -0.2) is 20.7 Å². The maximum absolute atomic E-state index is 12.7.